The van der Waals surface area contributed by atoms with E-state index < -0.39 is 0 Å². The maximum absolute atomic E-state index is 13.0. The van der Waals surface area contributed by atoms with Gasteiger partial charge < -0.3 is 52.6 Å². The van der Waals surface area contributed by atoms with Gasteiger partial charge in [0.25, 0.3) is 11.8 Å². The molecule has 0 saturated heterocycles. The summed E-state index contributed by atoms with van der Waals surface area (Å²) in [6.07, 6.45) is 10.2. The van der Waals surface area contributed by atoms with E-state index >= 15 is 0 Å². The van der Waals surface area contributed by atoms with E-state index in [9.17, 15) is 19.2 Å². The second-order valence-corrected chi connectivity index (χ2v) is 19.8. The van der Waals surface area contributed by atoms with E-state index in [1.165, 1.54) is 0 Å². The highest BCUT2D eigenvalue weighted by molar-refractivity contribution is 6.09. The molecule has 6 aromatic heterocycles. The minimum absolute atomic E-state index is 0.125. The average molecular weight is 1140 g/mol. The van der Waals surface area contributed by atoms with E-state index in [1.807, 2.05) is 122 Å². The number of anilines is 2. The third-order valence-electron chi connectivity index (χ3n) is 13.3. The summed E-state index contributed by atoms with van der Waals surface area (Å²) in [5.41, 5.74) is 10.4. The van der Waals surface area contributed by atoms with E-state index in [0.717, 1.165) is 33.9 Å². The number of aryl methyl sites for hydroxylation is 4. The first-order chi connectivity index (χ1) is 40.5. The molecule has 2 amide bonds. The summed E-state index contributed by atoms with van der Waals surface area (Å²) in [6.45, 7) is 14.6. The lowest BCUT2D eigenvalue weighted by molar-refractivity contribution is -0.121. The Morgan fingerprint density at radius 1 is 0.434 bits per heavy atom. The number of hydrogen-bond acceptors (Lipinski definition) is 17. The summed E-state index contributed by atoms with van der Waals surface area (Å²) >= 11 is 0. The van der Waals surface area contributed by atoms with Gasteiger partial charge in [0.2, 0.25) is 0 Å². The van der Waals surface area contributed by atoms with Crippen molar-refractivity contribution < 1.29 is 52.3 Å². The lowest BCUT2D eigenvalue weighted by Crippen LogP contribution is -2.13. The van der Waals surface area contributed by atoms with Gasteiger partial charge in [-0.3, -0.25) is 19.2 Å². The van der Waals surface area contributed by atoms with Gasteiger partial charge in [0.05, 0.1) is 116 Å². The number of fused-ring (bicyclic) bond motifs is 2. The molecule has 8 aromatic rings. The van der Waals surface area contributed by atoms with E-state index in [-0.39, 0.29) is 23.4 Å². The van der Waals surface area contributed by atoms with E-state index in [0.29, 0.717) is 189 Å². The van der Waals surface area contributed by atoms with E-state index in [1.54, 1.807) is 21.5 Å². The molecular weight excluding hydrogens is 1060 g/mol. The lowest BCUT2D eigenvalue weighted by atomic mass is 10.1. The summed E-state index contributed by atoms with van der Waals surface area (Å²) in [5.74, 6) is -0.207. The number of ether oxygens (including phenoxy) is 7. The van der Waals surface area contributed by atoms with Crippen molar-refractivity contribution in [1.82, 2.24) is 48.8 Å². The molecule has 440 valence electrons. The fourth-order valence-corrected chi connectivity index (χ4v) is 8.93. The Hall–Kier alpha value is -7.90. The number of hydrogen-bond donors (Lipinski definition) is 2. The lowest BCUT2D eigenvalue weighted by Gasteiger charge is -2.08. The van der Waals surface area contributed by atoms with Gasteiger partial charge in [-0.2, -0.15) is 0 Å². The number of amides is 2. The standard InChI is InChI=1S/C60H74N12O11/c1-43-39-45(3)71-21-17-53(57(71)61-43)59(75)63-49-13-9-47(10-14-49)55-41-69(67-65-55)23-29-81-35-33-79-27-19-51(73)7-5-25-77-31-37-83-38-32-78-26-6-8-52(74)20-28-80-34-36-82-30-24-70-42-56(66-68-70)48-11-15-50(16-12-48)64-60(76)54-18-22-72-46(4)40-44(2)62-58(54)72/h9-18,21-22,39-42H,5-8,19-20,23-38H2,1-4H3,(H,63,75)(H,64,76). The molecule has 0 spiro atoms. The van der Waals surface area contributed by atoms with Gasteiger partial charge >= 0.3 is 0 Å². The number of carbonyl (C=O) groups excluding carboxylic acids is 4. The number of nitrogens with one attached hydrogen (secondary N) is 2. The SMILES string of the molecule is Cc1cc(C)n2ccc(C(=O)Nc3ccc(-c4cn(CCOCCOCCC(=O)CCCOCCOCCOCCCC(=O)CCOCCOCCn5cc(-c6ccc(NC(=O)c7ccn8c(C)cc(C)nc78)cc6)nn5)nn4)cc3)c2n1. The second-order valence-electron chi connectivity index (χ2n) is 19.8. The van der Waals surface area contributed by atoms with Gasteiger partial charge in [0, 0.05) is 96.6 Å². The van der Waals surface area contributed by atoms with Crippen molar-refractivity contribution in [2.24, 2.45) is 0 Å². The Bertz CT molecular complexity index is 3130. The Labute approximate surface area is 481 Å². The van der Waals surface area contributed by atoms with Gasteiger partial charge in [-0.25, -0.2) is 19.3 Å². The minimum atomic E-state index is -0.229. The molecule has 0 aliphatic heterocycles. The summed E-state index contributed by atoms with van der Waals surface area (Å²) < 4.78 is 46.5. The summed E-state index contributed by atoms with van der Waals surface area (Å²) in [4.78, 5) is 59.7. The Morgan fingerprint density at radius 2 is 0.795 bits per heavy atom. The number of carbonyl (C=O) groups is 4. The van der Waals surface area contributed by atoms with Crippen LogP contribution >= 0.6 is 0 Å². The molecule has 8 rings (SSSR count). The zero-order valence-corrected chi connectivity index (χ0v) is 47.8. The van der Waals surface area contributed by atoms with Crippen LogP contribution in [0.5, 0.6) is 0 Å². The van der Waals surface area contributed by atoms with Gasteiger partial charge in [-0.1, -0.05) is 34.7 Å². The molecule has 23 nitrogen and oxygen atoms in total. The quantitative estimate of drug-likeness (QED) is 0.0355. The van der Waals surface area contributed by atoms with Crippen LogP contribution in [-0.4, -0.2) is 165 Å². The highest BCUT2D eigenvalue weighted by Gasteiger charge is 2.17. The van der Waals surface area contributed by atoms with Crippen molar-refractivity contribution >= 4 is 46.0 Å². The van der Waals surface area contributed by atoms with Crippen LogP contribution in [0.1, 0.15) is 82.0 Å². The molecule has 0 unspecified atom stereocenters. The Balaban J connectivity index is 0.538. The summed E-state index contributed by atoms with van der Waals surface area (Å²) in [5, 5.41) is 22.9. The van der Waals surface area contributed by atoms with Crippen molar-refractivity contribution in [2.45, 2.75) is 79.3 Å². The Kier molecular flexibility index (Phi) is 23.6. The van der Waals surface area contributed by atoms with Crippen LogP contribution < -0.4 is 10.6 Å². The molecule has 2 aromatic carbocycles. The van der Waals surface area contributed by atoms with Crippen molar-refractivity contribution in [3.05, 3.63) is 131 Å². The van der Waals surface area contributed by atoms with Gasteiger partial charge in [-0.05, 0) is 89.1 Å². The predicted molar refractivity (Wildman–Crippen MR) is 310 cm³/mol. The molecule has 6 heterocycles. The molecule has 2 N–H and O–H groups in total. The maximum atomic E-state index is 13.0. The number of ketones is 2. The van der Waals surface area contributed by atoms with Crippen molar-refractivity contribution in [1.29, 1.82) is 0 Å². The Morgan fingerprint density at radius 3 is 1.19 bits per heavy atom. The third kappa shape index (κ3) is 19.1. The largest absolute Gasteiger partial charge is 0.379 e. The molecule has 0 atom stereocenters. The van der Waals surface area contributed by atoms with Crippen molar-refractivity contribution in [3.63, 3.8) is 0 Å². The van der Waals surface area contributed by atoms with Crippen LogP contribution in [0.15, 0.2) is 97.6 Å². The molecule has 23 heteroatoms. The first-order valence-corrected chi connectivity index (χ1v) is 28.1. The van der Waals surface area contributed by atoms with Gasteiger partial charge in [0.15, 0.2) is 0 Å². The number of Topliss-reactive ketones (excluding diaryl/α,β-unsaturated/α-hetero) is 2. The monoisotopic (exact) mass is 1140 g/mol. The number of aromatic nitrogens is 10. The van der Waals surface area contributed by atoms with Crippen LogP contribution in [0.25, 0.3) is 33.8 Å². The summed E-state index contributed by atoms with van der Waals surface area (Å²) in [7, 11) is 0. The van der Waals surface area contributed by atoms with Crippen LogP contribution in [0, 0.1) is 27.7 Å². The summed E-state index contributed by atoms with van der Waals surface area (Å²) in [6, 6.07) is 22.4. The molecule has 0 aliphatic rings. The van der Waals surface area contributed by atoms with Crippen LogP contribution in [0.3, 0.4) is 0 Å². The molecule has 0 bridgehead atoms. The maximum Gasteiger partial charge on any atom is 0.259 e. The molecule has 0 radical (unpaired) electrons. The molecule has 0 aliphatic carbocycles. The third-order valence-corrected chi connectivity index (χ3v) is 13.3. The van der Waals surface area contributed by atoms with Crippen molar-refractivity contribution in [2.75, 3.05) is 103 Å². The molecule has 83 heavy (non-hydrogen) atoms. The molecular formula is C60H74N12O11. The van der Waals surface area contributed by atoms with Gasteiger partial charge in [0.1, 0.15) is 34.2 Å². The smallest absolute Gasteiger partial charge is 0.259 e. The molecule has 0 saturated carbocycles. The topological polar surface area (TPSA) is 253 Å². The normalized spacial score (nSPS) is 11.5. The fourth-order valence-electron chi connectivity index (χ4n) is 8.93. The highest BCUT2D eigenvalue weighted by Crippen LogP contribution is 2.23. The number of rotatable bonds is 38. The molecule has 0 fully saturated rings. The van der Waals surface area contributed by atoms with Crippen LogP contribution in [0.2, 0.25) is 0 Å². The van der Waals surface area contributed by atoms with Crippen molar-refractivity contribution in [3.8, 4) is 22.5 Å². The first kappa shape index (κ1) is 61.2. The number of benzene rings is 2. The minimum Gasteiger partial charge on any atom is -0.379 e. The van der Waals surface area contributed by atoms with E-state index in [2.05, 4.69) is 41.2 Å². The fraction of sp³-hybridized carbons (Fsp3) is 0.433. The number of nitrogens with zero attached hydrogens (tertiary/aromatic N) is 10. The zero-order valence-electron chi connectivity index (χ0n) is 47.8. The van der Waals surface area contributed by atoms with Crippen LogP contribution in [-0.2, 0) is 55.8 Å². The van der Waals surface area contributed by atoms with Crippen LogP contribution in [0.4, 0.5) is 11.4 Å². The highest BCUT2D eigenvalue weighted by atomic mass is 16.5. The first-order valence-electron chi connectivity index (χ1n) is 28.1. The second kappa shape index (κ2) is 32.1. The van der Waals surface area contributed by atoms with Gasteiger partial charge in [-0.15, -0.1) is 10.2 Å². The zero-order chi connectivity index (χ0) is 58.2. The van der Waals surface area contributed by atoms with E-state index in [4.69, 9.17) is 33.2 Å². The predicted octanol–water partition coefficient (Wildman–Crippen LogP) is 7.53. The average Bonchev–Trinajstić information content (AvgIpc) is 3.80.